The molecule has 2 heterocycles. The van der Waals surface area contributed by atoms with E-state index in [1.165, 1.54) is 11.3 Å². The zero-order valence-electron chi connectivity index (χ0n) is 10.5. The molecule has 0 spiro atoms. The van der Waals surface area contributed by atoms with E-state index in [4.69, 9.17) is 5.26 Å². The molecule has 0 aliphatic carbocycles. The quantitative estimate of drug-likeness (QED) is 0.776. The van der Waals surface area contributed by atoms with Crippen LogP contribution in [0, 0.1) is 11.3 Å². The van der Waals surface area contributed by atoms with E-state index in [2.05, 4.69) is 6.07 Å². The predicted octanol–water partition coefficient (Wildman–Crippen LogP) is 1.58. The van der Waals surface area contributed by atoms with E-state index >= 15 is 0 Å². The molecule has 5 heteroatoms. The van der Waals surface area contributed by atoms with Gasteiger partial charge >= 0.3 is 0 Å². The Balaban J connectivity index is 1.95. The van der Waals surface area contributed by atoms with E-state index in [9.17, 15) is 4.79 Å². The number of rotatable bonds is 3. The molecule has 94 valence electrons. The topological polar surface area (TPSA) is 47.3 Å². The Kier molecular flexibility index (Phi) is 3.80. The van der Waals surface area contributed by atoms with Crippen LogP contribution in [0.5, 0.6) is 0 Å². The lowest BCUT2D eigenvalue weighted by molar-refractivity contribution is -0.126. The molecule has 0 N–H and O–H groups in total. The second-order valence-electron chi connectivity index (χ2n) is 4.53. The van der Waals surface area contributed by atoms with Crippen LogP contribution in [0.4, 0.5) is 0 Å². The molecule has 4 nitrogen and oxygen atoms in total. The van der Waals surface area contributed by atoms with Gasteiger partial charge in [-0.1, -0.05) is 6.08 Å². The Bertz CT molecular complexity index is 501. The lowest BCUT2D eigenvalue weighted by Gasteiger charge is -2.13. The third-order valence-electron chi connectivity index (χ3n) is 2.75. The highest BCUT2D eigenvalue weighted by atomic mass is 32.1. The Morgan fingerprint density at radius 2 is 2.39 bits per heavy atom. The van der Waals surface area contributed by atoms with Gasteiger partial charge in [0.2, 0.25) is 5.91 Å². The van der Waals surface area contributed by atoms with Gasteiger partial charge in [-0.25, -0.2) is 0 Å². The number of fused-ring (bicyclic) bond motifs is 1. The minimum absolute atomic E-state index is 0.0405. The summed E-state index contributed by atoms with van der Waals surface area (Å²) in [6, 6.07) is 4.03. The van der Waals surface area contributed by atoms with E-state index in [-0.39, 0.29) is 5.91 Å². The lowest BCUT2D eigenvalue weighted by Crippen LogP contribution is -2.23. The number of carbonyl (C=O) groups is 1. The van der Waals surface area contributed by atoms with Crippen molar-refractivity contribution in [3.05, 3.63) is 33.5 Å². The normalized spacial score (nSPS) is 14.2. The fourth-order valence-electron chi connectivity index (χ4n) is 1.85. The summed E-state index contributed by atoms with van der Waals surface area (Å²) in [5, 5.41) is 8.80. The van der Waals surface area contributed by atoms with Crippen molar-refractivity contribution in [3.63, 3.8) is 0 Å². The second-order valence-corrected chi connectivity index (χ2v) is 5.67. The van der Waals surface area contributed by atoms with Crippen molar-refractivity contribution in [1.29, 1.82) is 5.26 Å². The highest BCUT2D eigenvalue weighted by molar-refractivity contribution is 7.12. The first kappa shape index (κ1) is 12.8. The first-order valence-electron chi connectivity index (χ1n) is 5.72. The summed E-state index contributed by atoms with van der Waals surface area (Å²) in [7, 11) is 3.93. The standard InChI is InChI=1S/C13H15N3OS/c1-15(2)5-3-4-13(17)16-8-10-6-11(7-14)18-12(10)9-16/h3-4,6H,5,8-9H2,1-2H3/b4-3+. The molecule has 0 bridgehead atoms. The van der Waals surface area contributed by atoms with Gasteiger partial charge in [0.1, 0.15) is 10.9 Å². The summed E-state index contributed by atoms with van der Waals surface area (Å²) in [6.45, 7) is 2.02. The Hall–Kier alpha value is -1.64. The average molecular weight is 261 g/mol. The van der Waals surface area contributed by atoms with Crippen molar-refractivity contribution in [3.8, 4) is 6.07 Å². The molecule has 2 rings (SSSR count). The number of amides is 1. The van der Waals surface area contributed by atoms with Crippen molar-refractivity contribution < 1.29 is 4.79 Å². The number of nitriles is 1. The second kappa shape index (κ2) is 5.34. The molecule has 1 aromatic rings. The lowest BCUT2D eigenvalue weighted by atomic mass is 10.3. The molecule has 1 aromatic heterocycles. The highest BCUT2D eigenvalue weighted by Crippen LogP contribution is 2.30. The number of likely N-dealkylation sites (N-methyl/N-ethyl adjacent to an activating group) is 1. The minimum atomic E-state index is 0.0405. The van der Waals surface area contributed by atoms with Crippen LogP contribution >= 0.6 is 11.3 Å². The van der Waals surface area contributed by atoms with Crippen molar-refractivity contribution in [2.45, 2.75) is 13.1 Å². The highest BCUT2D eigenvalue weighted by Gasteiger charge is 2.24. The molecule has 0 radical (unpaired) electrons. The van der Waals surface area contributed by atoms with Crippen molar-refractivity contribution in [1.82, 2.24) is 9.80 Å². The first-order valence-corrected chi connectivity index (χ1v) is 6.53. The zero-order chi connectivity index (χ0) is 13.1. The largest absolute Gasteiger partial charge is 0.330 e. The van der Waals surface area contributed by atoms with Crippen molar-refractivity contribution in [2.75, 3.05) is 20.6 Å². The van der Waals surface area contributed by atoms with Gasteiger partial charge in [-0.3, -0.25) is 4.79 Å². The smallest absolute Gasteiger partial charge is 0.246 e. The van der Waals surface area contributed by atoms with E-state index in [1.807, 2.05) is 31.1 Å². The Morgan fingerprint density at radius 1 is 1.61 bits per heavy atom. The van der Waals surface area contributed by atoms with Gasteiger partial charge in [-0.2, -0.15) is 5.26 Å². The zero-order valence-corrected chi connectivity index (χ0v) is 11.3. The van der Waals surface area contributed by atoms with Gasteiger partial charge in [0, 0.05) is 24.0 Å². The number of carbonyl (C=O) groups excluding carboxylic acids is 1. The molecular weight excluding hydrogens is 246 g/mol. The Labute approximate surface area is 111 Å². The van der Waals surface area contributed by atoms with Crippen LogP contribution in [0.15, 0.2) is 18.2 Å². The van der Waals surface area contributed by atoms with E-state index in [0.717, 1.165) is 21.9 Å². The average Bonchev–Trinajstić information content (AvgIpc) is 2.85. The van der Waals surface area contributed by atoms with Crippen LogP contribution in [-0.2, 0) is 17.9 Å². The van der Waals surface area contributed by atoms with Gasteiger partial charge < -0.3 is 9.80 Å². The number of hydrogen-bond donors (Lipinski definition) is 0. The van der Waals surface area contributed by atoms with Gasteiger partial charge in [0.25, 0.3) is 0 Å². The first-order chi connectivity index (χ1) is 8.60. The summed E-state index contributed by atoms with van der Waals surface area (Å²) in [5.74, 6) is 0.0405. The number of thiophene rings is 1. The monoisotopic (exact) mass is 261 g/mol. The summed E-state index contributed by atoms with van der Waals surface area (Å²) in [4.78, 5) is 17.6. The molecule has 1 amide bonds. The van der Waals surface area contributed by atoms with Crippen LogP contribution in [0.3, 0.4) is 0 Å². The molecule has 0 atom stereocenters. The molecule has 18 heavy (non-hydrogen) atoms. The van der Waals surface area contributed by atoms with Crippen LogP contribution in [-0.4, -0.2) is 36.3 Å². The van der Waals surface area contributed by atoms with Crippen LogP contribution in [0.1, 0.15) is 15.3 Å². The van der Waals surface area contributed by atoms with Crippen molar-refractivity contribution >= 4 is 17.2 Å². The number of hydrogen-bond acceptors (Lipinski definition) is 4. The summed E-state index contributed by atoms with van der Waals surface area (Å²) in [5.41, 5.74) is 1.12. The number of nitrogens with zero attached hydrogens (tertiary/aromatic N) is 3. The summed E-state index contributed by atoms with van der Waals surface area (Å²) in [6.07, 6.45) is 3.50. The van der Waals surface area contributed by atoms with E-state index < -0.39 is 0 Å². The molecule has 0 saturated heterocycles. The fourth-order valence-corrected chi connectivity index (χ4v) is 2.84. The molecule has 0 aromatic carbocycles. The molecular formula is C13H15N3OS. The van der Waals surface area contributed by atoms with Gasteiger partial charge in [0.05, 0.1) is 6.54 Å². The third kappa shape index (κ3) is 2.78. The molecule has 1 aliphatic heterocycles. The summed E-state index contributed by atoms with van der Waals surface area (Å²) < 4.78 is 0. The SMILES string of the molecule is CN(C)C/C=C/C(=O)N1Cc2cc(C#N)sc2C1. The molecule has 1 aliphatic rings. The fraction of sp³-hybridized carbons (Fsp3) is 0.385. The van der Waals surface area contributed by atoms with Gasteiger partial charge in [0.15, 0.2) is 0 Å². The van der Waals surface area contributed by atoms with E-state index in [0.29, 0.717) is 13.1 Å². The van der Waals surface area contributed by atoms with Gasteiger partial charge in [-0.15, -0.1) is 11.3 Å². The van der Waals surface area contributed by atoms with Crippen LogP contribution in [0.25, 0.3) is 0 Å². The van der Waals surface area contributed by atoms with Crippen LogP contribution in [0.2, 0.25) is 0 Å². The maximum Gasteiger partial charge on any atom is 0.246 e. The summed E-state index contributed by atoms with van der Waals surface area (Å²) >= 11 is 1.48. The maximum atomic E-state index is 11.9. The van der Waals surface area contributed by atoms with E-state index in [1.54, 1.807) is 11.0 Å². The molecule has 0 saturated carbocycles. The van der Waals surface area contributed by atoms with Gasteiger partial charge in [-0.05, 0) is 25.7 Å². The third-order valence-corrected chi connectivity index (χ3v) is 3.81. The maximum absolute atomic E-state index is 11.9. The van der Waals surface area contributed by atoms with Crippen LogP contribution < -0.4 is 0 Å². The predicted molar refractivity (Wildman–Crippen MR) is 71.0 cm³/mol. The minimum Gasteiger partial charge on any atom is -0.330 e. The molecule has 0 fully saturated rings. The Morgan fingerprint density at radius 3 is 3.00 bits per heavy atom. The molecule has 0 unspecified atom stereocenters. The van der Waals surface area contributed by atoms with Crippen molar-refractivity contribution in [2.24, 2.45) is 0 Å².